The third-order valence-corrected chi connectivity index (χ3v) is 3.52. The SMILES string of the molecule is CC(C)CN1CCN(C(=O)COc2ccc(F)cc2)CC1. The quantitative estimate of drug-likeness (QED) is 0.833. The largest absolute Gasteiger partial charge is 0.484 e. The van der Waals surface area contributed by atoms with Crippen LogP contribution in [0.3, 0.4) is 0 Å². The molecule has 0 unspecified atom stereocenters. The number of amides is 1. The van der Waals surface area contributed by atoms with Crippen molar-refractivity contribution in [3.8, 4) is 5.75 Å². The van der Waals surface area contributed by atoms with E-state index < -0.39 is 0 Å². The molecule has 0 spiro atoms. The van der Waals surface area contributed by atoms with Crippen LogP contribution in [0.5, 0.6) is 5.75 Å². The van der Waals surface area contributed by atoms with Gasteiger partial charge in [-0.15, -0.1) is 0 Å². The summed E-state index contributed by atoms with van der Waals surface area (Å²) in [5.41, 5.74) is 0. The van der Waals surface area contributed by atoms with Crippen LogP contribution in [0, 0.1) is 11.7 Å². The zero-order valence-corrected chi connectivity index (χ0v) is 12.7. The number of hydrogen-bond acceptors (Lipinski definition) is 3. The maximum Gasteiger partial charge on any atom is 0.260 e. The molecule has 116 valence electrons. The fourth-order valence-electron chi connectivity index (χ4n) is 2.46. The van der Waals surface area contributed by atoms with Crippen LogP contribution in [0.25, 0.3) is 0 Å². The van der Waals surface area contributed by atoms with E-state index in [9.17, 15) is 9.18 Å². The molecule has 1 amide bonds. The third kappa shape index (κ3) is 5.01. The minimum atomic E-state index is -0.310. The molecule has 2 rings (SSSR count). The first-order valence-electron chi connectivity index (χ1n) is 7.43. The number of hydrogen-bond donors (Lipinski definition) is 0. The Bertz CT molecular complexity index is 454. The summed E-state index contributed by atoms with van der Waals surface area (Å²) in [7, 11) is 0. The van der Waals surface area contributed by atoms with E-state index >= 15 is 0 Å². The topological polar surface area (TPSA) is 32.8 Å². The number of nitrogens with zero attached hydrogens (tertiary/aromatic N) is 2. The minimum absolute atomic E-state index is 0.00974. The van der Waals surface area contributed by atoms with Gasteiger partial charge in [0.15, 0.2) is 6.61 Å². The Hall–Kier alpha value is -1.62. The maximum absolute atomic E-state index is 12.8. The first-order chi connectivity index (χ1) is 10.0. The Morgan fingerprint density at radius 1 is 1.19 bits per heavy atom. The molecule has 21 heavy (non-hydrogen) atoms. The van der Waals surface area contributed by atoms with E-state index in [0.717, 1.165) is 32.7 Å². The second kappa shape index (κ2) is 7.41. The van der Waals surface area contributed by atoms with E-state index in [4.69, 9.17) is 4.74 Å². The zero-order valence-electron chi connectivity index (χ0n) is 12.7. The molecule has 1 heterocycles. The Balaban J connectivity index is 1.73. The van der Waals surface area contributed by atoms with Gasteiger partial charge < -0.3 is 9.64 Å². The van der Waals surface area contributed by atoms with Crippen molar-refractivity contribution in [1.29, 1.82) is 0 Å². The van der Waals surface area contributed by atoms with Gasteiger partial charge in [0.25, 0.3) is 5.91 Å². The summed E-state index contributed by atoms with van der Waals surface area (Å²) in [6.45, 7) is 8.82. The molecular formula is C16H23FN2O2. The number of carbonyl (C=O) groups is 1. The molecule has 0 aromatic heterocycles. The minimum Gasteiger partial charge on any atom is -0.484 e. The van der Waals surface area contributed by atoms with E-state index in [0.29, 0.717) is 11.7 Å². The van der Waals surface area contributed by atoms with Gasteiger partial charge in [-0.3, -0.25) is 9.69 Å². The van der Waals surface area contributed by atoms with Crippen LogP contribution >= 0.6 is 0 Å². The monoisotopic (exact) mass is 294 g/mol. The maximum atomic E-state index is 12.8. The van der Waals surface area contributed by atoms with Crippen LogP contribution in [-0.4, -0.2) is 55.0 Å². The second-order valence-corrected chi connectivity index (χ2v) is 5.82. The van der Waals surface area contributed by atoms with Crippen LogP contribution in [0.1, 0.15) is 13.8 Å². The highest BCUT2D eigenvalue weighted by molar-refractivity contribution is 5.77. The predicted octanol–water partition coefficient (Wildman–Crippen LogP) is 2.00. The standard InChI is InChI=1S/C16H23FN2O2/c1-13(2)11-18-7-9-19(10-8-18)16(20)12-21-15-5-3-14(17)4-6-15/h3-6,13H,7-12H2,1-2H3. The summed E-state index contributed by atoms with van der Waals surface area (Å²) in [6, 6.07) is 5.71. The molecule has 1 fully saturated rings. The van der Waals surface area contributed by atoms with Crippen molar-refractivity contribution >= 4 is 5.91 Å². The molecule has 1 aliphatic rings. The molecule has 1 aliphatic heterocycles. The second-order valence-electron chi connectivity index (χ2n) is 5.82. The molecule has 0 bridgehead atoms. The lowest BCUT2D eigenvalue weighted by atomic mass is 10.2. The highest BCUT2D eigenvalue weighted by atomic mass is 19.1. The number of piperazine rings is 1. The Kier molecular flexibility index (Phi) is 5.56. The highest BCUT2D eigenvalue weighted by Gasteiger charge is 2.21. The number of rotatable bonds is 5. The first-order valence-corrected chi connectivity index (χ1v) is 7.43. The lowest BCUT2D eigenvalue weighted by Gasteiger charge is -2.35. The molecule has 4 nitrogen and oxygen atoms in total. The molecule has 0 radical (unpaired) electrons. The van der Waals surface area contributed by atoms with Crippen LogP contribution in [0.15, 0.2) is 24.3 Å². The molecule has 1 aromatic carbocycles. The van der Waals surface area contributed by atoms with E-state index in [1.54, 1.807) is 0 Å². The first kappa shape index (κ1) is 15.8. The van der Waals surface area contributed by atoms with Crippen molar-refractivity contribution in [1.82, 2.24) is 9.80 Å². The molecule has 0 N–H and O–H groups in total. The van der Waals surface area contributed by atoms with Gasteiger partial charge in [0.2, 0.25) is 0 Å². The van der Waals surface area contributed by atoms with E-state index in [1.165, 1.54) is 24.3 Å². The zero-order chi connectivity index (χ0) is 15.2. The summed E-state index contributed by atoms with van der Waals surface area (Å²) in [5, 5.41) is 0. The van der Waals surface area contributed by atoms with Gasteiger partial charge in [-0.2, -0.15) is 0 Å². The number of ether oxygens (including phenoxy) is 1. The van der Waals surface area contributed by atoms with Crippen molar-refractivity contribution in [3.63, 3.8) is 0 Å². The van der Waals surface area contributed by atoms with Crippen LogP contribution < -0.4 is 4.74 Å². The van der Waals surface area contributed by atoms with Crippen LogP contribution in [0.2, 0.25) is 0 Å². The summed E-state index contributed by atoms with van der Waals surface area (Å²) < 4.78 is 18.2. The smallest absolute Gasteiger partial charge is 0.260 e. The van der Waals surface area contributed by atoms with Crippen molar-refractivity contribution in [2.45, 2.75) is 13.8 Å². The van der Waals surface area contributed by atoms with Crippen molar-refractivity contribution in [2.24, 2.45) is 5.92 Å². The molecule has 1 aromatic rings. The van der Waals surface area contributed by atoms with E-state index in [1.807, 2.05) is 4.90 Å². The molecular weight excluding hydrogens is 271 g/mol. The lowest BCUT2D eigenvalue weighted by molar-refractivity contribution is -0.135. The number of carbonyl (C=O) groups excluding carboxylic acids is 1. The fourth-order valence-corrected chi connectivity index (χ4v) is 2.46. The van der Waals surface area contributed by atoms with Gasteiger partial charge in [0.1, 0.15) is 11.6 Å². The average molecular weight is 294 g/mol. The third-order valence-electron chi connectivity index (χ3n) is 3.52. The molecule has 0 atom stereocenters. The van der Waals surface area contributed by atoms with Gasteiger partial charge in [-0.1, -0.05) is 13.8 Å². The van der Waals surface area contributed by atoms with Gasteiger partial charge >= 0.3 is 0 Å². The van der Waals surface area contributed by atoms with E-state index in [-0.39, 0.29) is 18.3 Å². The summed E-state index contributed by atoms with van der Waals surface area (Å²) in [5.74, 6) is 0.843. The predicted molar refractivity (Wildman–Crippen MR) is 79.8 cm³/mol. The normalized spacial score (nSPS) is 16.3. The van der Waals surface area contributed by atoms with Crippen molar-refractivity contribution < 1.29 is 13.9 Å². The number of halogens is 1. The lowest BCUT2D eigenvalue weighted by Crippen LogP contribution is -2.50. The summed E-state index contributed by atoms with van der Waals surface area (Å²) in [6.07, 6.45) is 0. The van der Waals surface area contributed by atoms with Gasteiger partial charge in [0, 0.05) is 32.7 Å². The number of benzene rings is 1. The Labute approximate surface area is 125 Å². The van der Waals surface area contributed by atoms with Gasteiger partial charge in [0.05, 0.1) is 0 Å². The summed E-state index contributed by atoms with van der Waals surface area (Å²) >= 11 is 0. The van der Waals surface area contributed by atoms with Crippen LogP contribution in [-0.2, 0) is 4.79 Å². The highest BCUT2D eigenvalue weighted by Crippen LogP contribution is 2.11. The molecule has 0 saturated carbocycles. The van der Waals surface area contributed by atoms with E-state index in [2.05, 4.69) is 18.7 Å². The molecule has 5 heteroatoms. The fraction of sp³-hybridized carbons (Fsp3) is 0.562. The molecule has 1 saturated heterocycles. The average Bonchev–Trinajstić information content (AvgIpc) is 2.46. The Morgan fingerprint density at radius 3 is 2.38 bits per heavy atom. The summed E-state index contributed by atoms with van der Waals surface area (Å²) in [4.78, 5) is 16.3. The Morgan fingerprint density at radius 2 is 1.81 bits per heavy atom. The van der Waals surface area contributed by atoms with Crippen molar-refractivity contribution in [3.05, 3.63) is 30.1 Å². The van der Waals surface area contributed by atoms with Crippen molar-refractivity contribution in [2.75, 3.05) is 39.3 Å². The van der Waals surface area contributed by atoms with Gasteiger partial charge in [-0.25, -0.2) is 4.39 Å². The van der Waals surface area contributed by atoms with Gasteiger partial charge in [-0.05, 0) is 30.2 Å². The molecule has 0 aliphatic carbocycles. The van der Waals surface area contributed by atoms with Crippen LogP contribution in [0.4, 0.5) is 4.39 Å².